The number of ether oxygens (including phenoxy) is 4. The van der Waals surface area contributed by atoms with Crippen molar-refractivity contribution in [1.29, 1.82) is 0 Å². The molecule has 0 aliphatic carbocycles. The Morgan fingerprint density at radius 3 is 0.653 bits per heavy atom. The van der Waals surface area contributed by atoms with E-state index in [2.05, 4.69) is 55.4 Å². The van der Waals surface area contributed by atoms with E-state index < -0.39 is 97.5 Å². The highest BCUT2D eigenvalue weighted by Gasteiger charge is 2.30. The molecule has 3 N–H and O–H groups in total. The van der Waals surface area contributed by atoms with Crippen molar-refractivity contribution < 1.29 is 80.2 Å². The Morgan fingerprint density at radius 1 is 0.263 bits per heavy atom. The van der Waals surface area contributed by atoms with Crippen LogP contribution >= 0.6 is 15.6 Å². The van der Waals surface area contributed by atoms with Crippen molar-refractivity contribution in [3.63, 3.8) is 0 Å². The molecule has 17 nitrogen and oxygen atoms in total. The van der Waals surface area contributed by atoms with Crippen LogP contribution in [0, 0.1) is 23.7 Å². The van der Waals surface area contributed by atoms with E-state index in [1.54, 1.807) is 0 Å². The van der Waals surface area contributed by atoms with Gasteiger partial charge in [0.05, 0.1) is 26.4 Å². The molecule has 0 amide bonds. The van der Waals surface area contributed by atoms with E-state index in [4.69, 9.17) is 37.0 Å². The second-order valence-corrected chi connectivity index (χ2v) is 32.2. The minimum atomic E-state index is -4.96. The summed E-state index contributed by atoms with van der Waals surface area (Å²) < 4.78 is 68.5. The number of aliphatic hydroxyl groups excluding tert-OH is 1. The average Bonchev–Trinajstić information content (AvgIpc) is 1.63. The largest absolute Gasteiger partial charge is 0.472 e. The lowest BCUT2D eigenvalue weighted by molar-refractivity contribution is -0.161. The van der Waals surface area contributed by atoms with Gasteiger partial charge in [-0.15, -0.1) is 0 Å². The van der Waals surface area contributed by atoms with Crippen molar-refractivity contribution in [2.45, 2.75) is 401 Å². The maximum absolute atomic E-state index is 13.1. The van der Waals surface area contributed by atoms with Crippen LogP contribution in [0.4, 0.5) is 0 Å². The fraction of sp³-hybridized carbons (Fsp3) is 0.947. The Labute approximate surface area is 581 Å². The smallest absolute Gasteiger partial charge is 0.462 e. The number of unbranched alkanes of at least 4 members (excludes halogenated alkanes) is 39. The number of esters is 4. The molecule has 3 unspecified atom stereocenters. The van der Waals surface area contributed by atoms with E-state index in [-0.39, 0.29) is 25.7 Å². The molecule has 0 heterocycles. The van der Waals surface area contributed by atoms with E-state index in [1.165, 1.54) is 180 Å². The summed E-state index contributed by atoms with van der Waals surface area (Å²) in [6.45, 7) is 14.1. The summed E-state index contributed by atoms with van der Waals surface area (Å²) in [6.07, 6.45) is 50.2. The number of phosphoric acid groups is 2. The number of rotatable bonds is 73. The summed E-state index contributed by atoms with van der Waals surface area (Å²) in [5.74, 6) is 0.877. The first-order valence-electron chi connectivity index (χ1n) is 39.2. The molecule has 0 radical (unpaired) electrons. The van der Waals surface area contributed by atoms with Gasteiger partial charge in [0, 0.05) is 25.7 Å². The molecule has 0 aromatic rings. The fourth-order valence-electron chi connectivity index (χ4n) is 11.6. The van der Waals surface area contributed by atoms with Crippen LogP contribution in [-0.4, -0.2) is 96.7 Å². The first-order chi connectivity index (χ1) is 45.6. The van der Waals surface area contributed by atoms with Crippen molar-refractivity contribution in [2.75, 3.05) is 39.6 Å². The van der Waals surface area contributed by atoms with Gasteiger partial charge >= 0.3 is 39.5 Å². The molecule has 0 saturated heterocycles. The van der Waals surface area contributed by atoms with Crippen LogP contribution in [0.15, 0.2) is 0 Å². The van der Waals surface area contributed by atoms with E-state index in [0.29, 0.717) is 37.5 Å². The van der Waals surface area contributed by atoms with Gasteiger partial charge in [-0.05, 0) is 49.4 Å². The van der Waals surface area contributed by atoms with Crippen LogP contribution in [0.2, 0.25) is 0 Å². The Balaban J connectivity index is 5.18. The van der Waals surface area contributed by atoms with Crippen molar-refractivity contribution in [3.05, 3.63) is 0 Å². The van der Waals surface area contributed by atoms with Crippen LogP contribution in [0.3, 0.4) is 0 Å². The molecule has 564 valence electrons. The summed E-state index contributed by atoms with van der Waals surface area (Å²) in [4.78, 5) is 72.7. The highest BCUT2D eigenvalue weighted by molar-refractivity contribution is 7.47. The van der Waals surface area contributed by atoms with Crippen molar-refractivity contribution >= 4 is 39.5 Å². The zero-order valence-corrected chi connectivity index (χ0v) is 64.1. The van der Waals surface area contributed by atoms with Crippen LogP contribution in [0.5, 0.6) is 0 Å². The van der Waals surface area contributed by atoms with Gasteiger partial charge in [0.2, 0.25) is 0 Å². The molecule has 5 atom stereocenters. The maximum atomic E-state index is 13.1. The number of phosphoric ester groups is 2. The van der Waals surface area contributed by atoms with E-state index in [1.807, 2.05) is 0 Å². The van der Waals surface area contributed by atoms with E-state index in [0.717, 1.165) is 108 Å². The predicted molar refractivity (Wildman–Crippen MR) is 386 cm³/mol. The van der Waals surface area contributed by atoms with Gasteiger partial charge in [-0.25, -0.2) is 9.13 Å². The highest BCUT2D eigenvalue weighted by atomic mass is 31.2. The Kier molecular flexibility index (Phi) is 64.0. The second kappa shape index (κ2) is 65.4. The molecule has 0 fully saturated rings. The molecule has 0 aromatic carbocycles. The van der Waals surface area contributed by atoms with Crippen LogP contribution in [0.25, 0.3) is 0 Å². The van der Waals surface area contributed by atoms with Crippen molar-refractivity contribution in [3.8, 4) is 0 Å². The zero-order chi connectivity index (χ0) is 70.3. The van der Waals surface area contributed by atoms with Gasteiger partial charge in [0.1, 0.15) is 19.3 Å². The van der Waals surface area contributed by atoms with Gasteiger partial charge in [-0.2, -0.15) is 0 Å². The fourth-order valence-corrected chi connectivity index (χ4v) is 13.1. The quantitative estimate of drug-likeness (QED) is 0.0222. The van der Waals surface area contributed by atoms with Gasteiger partial charge in [-0.3, -0.25) is 37.3 Å². The zero-order valence-electron chi connectivity index (χ0n) is 62.3. The first-order valence-corrected chi connectivity index (χ1v) is 42.2. The number of hydrogen-bond acceptors (Lipinski definition) is 15. The third kappa shape index (κ3) is 70.3. The summed E-state index contributed by atoms with van der Waals surface area (Å²) in [5, 5.41) is 10.6. The van der Waals surface area contributed by atoms with Gasteiger partial charge in [-0.1, -0.05) is 331 Å². The number of carbonyl (C=O) groups excluding carboxylic acids is 4. The third-order valence-electron chi connectivity index (χ3n) is 17.6. The molecule has 0 saturated carbocycles. The monoisotopic (exact) mass is 1400 g/mol. The Bertz CT molecular complexity index is 1870. The number of hydrogen-bond donors (Lipinski definition) is 3. The van der Waals surface area contributed by atoms with E-state index in [9.17, 15) is 43.2 Å². The maximum Gasteiger partial charge on any atom is 0.472 e. The Hall–Kier alpha value is -1.94. The molecule has 0 aliphatic heterocycles. The number of aliphatic hydroxyl groups is 1. The standard InChI is InChI=1S/C76H148O17P2/c1-66(2)52-44-36-28-22-18-14-11-9-10-12-16-21-25-33-42-50-58-75(80)92-71(63-87-74(79)57-49-41-34-26-30-38-46-54-68(5)6)64-90-94(82,83)88-60-70(77)61-89-95(84,85)91-65-72(93-76(81)59-51-43-35-27-31-39-47-55-69(7)8)62-86-73(78)56-48-40-32-24-20-17-13-15-19-23-29-37-45-53-67(3)4/h66-72,77H,9-65H2,1-8H3,(H,82,83)(H,84,85)/t70?,71-,72-/m1/s1. The molecule has 0 aromatic heterocycles. The van der Waals surface area contributed by atoms with Gasteiger partial charge in [0.15, 0.2) is 12.2 Å². The summed E-state index contributed by atoms with van der Waals surface area (Å²) in [7, 11) is -9.91. The van der Waals surface area contributed by atoms with Gasteiger partial charge in [0.25, 0.3) is 0 Å². The SMILES string of the molecule is CC(C)CCCCCCCCCCCCCCCCCCC(=O)O[C@H](COC(=O)CCCCCCCCCC(C)C)COP(=O)(O)OCC(O)COP(=O)(O)OC[C@@H](COC(=O)CCCCCCCCCCCCCCCC(C)C)OC(=O)CCCCCCCCCC(C)C. The summed E-state index contributed by atoms with van der Waals surface area (Å²) in [5.41, 5.74) is 0. The van der Waals surface area contributed by atoms with Crippen LogP contribution in [0.1, 0.15) is 383 Å². The van der Waals surface area contributed by atoms with Gasteiger partial charge < -0.3 is 33.8 Å². The minimum absolute atomic E-state index is 0.103. The first kappa shape index (κ1) is 93.1. The van der Waals surface area contributed by atoms with Crippen molar-refractivity contribution in [1.82, 2.24) is 0 Å². The van der Waals surface area contributed by atoms with Crippen LogP contribution in [-0.2, 0) is 65.4 Å². The Morgan fingerprint density at radius 2 is 0.442 bits per heavy atom. The average molecular weight is 1400 g/mol. The molecule has 0 aliphatic rings. The lowest BCUT2D eigenvalue weighted by Crippen LogP contribution is -2.30. The number of carbonyl (C=O) groups is 4. The third-order valence-corrected chi connectivity index (χ3v) is 19.5. The highest BCUT2D eigenvalue weighted by Crippen LogP contribution is 2.45. The molecule has 0 rings (SSSR count). The summed E-state index contributed by atoms with van der Waals surface area (Å²) in [6, 6.07) is 0. The lowest BCUT2D eigenvalue weighted by atomic mass is 10.0. The molecule has 95 heavy (non-hydrogen) atoms. The van der Waals surface area contributed by atoms with E-state index >= 15 is 0 Å². The molecular formula is C76H148O17P2. The second-order valence-electron chi connectivity index (χ2n) is 29.3. The summed E-state index contributed by atoms with van der Waals surface area (Å²) >= 11 is 0. The minimum Gasteiger partial charge on any atom is -0.462 e. The molecule has 0 bridgehead atoms. The molecule has 0 spiro atoms. The lowest BCUT2D eigenvalue weighted by Gasteiger charge is -2.21. The molecular weight excluding hydrogens is 1250 g/mol. The molecule has 19 heteroatoms. The predicted octanol–water partition coefficient (Wildman–Crippen LogP) is 22.0. The van der Waals surface area contributed by atoms with Crippen LogP contribution < -0.4 is 0 Å². The topological polar surface area (TPSA) is 237 Å². The van der Waals surface area contributed by atoms with Crippen molar-refractivity contribution in [2.24, 2.45) is 23.7 Å². The normalized spacial score (nSPS) is 14.1.